The number of hydrogen-bond acceptors (Lipinski definition) is 4. The molecule has 0 spiro atoms. The van der Waals surface area contributed by atoms with Crippen LogP contribution in [0.3, 0.4) is 0 Å². The standard InChI is InChI=1S/C18H20N2O3/c1-4-20-17(22)12-16(21)14(18(20)23)10-7-9-13-8-5-6-11-15(13)19(2)3/h5-11H,4,12H2,1-3H3/b9-7+,14-10+. The number of benzene rings is 1. The van der Waals surface area contributed by atoms with Crippen molar-refractivity contribution < 1.29 is 14.4 Å². The van der Waals surface area contributed by atoms with Gasteiger partial charge in [0.05, 0.1) is 12.0 Å². The molecule has 0 unspecified atom stereocenters. The second-order valence-corrected chi connectivity index (χ2v) is 5.44. The first-order valence-electron chi connectivity index (χ1n) is 7.48. The van der Waals surface area contributed by atoms with Gasteiger partial charge in [-0.15, -0.1) is 0 Å². The molecule has 5 heteroatoms. The molecule has 23 heavy (non-hydrogen) atoms. The van der Waals surface area contributed by atoms with Gasteiger partial charge >= 0.3 is 0 Å². The molecule has 1 fully saturated rings. The fraction of sp³-hybridized carbons (Fsp3) is 0.278. The van der Waals surface area contributed by atoms with Gasteiger partial charge in [0.2, 0.25) is 5.91 Å². The Balaban J connectivity index is 2.27. The molecule has 1 heterocycles. The lowest BCUT2D eigenvalue weighted by atomic mass is 10.0. The topological polar surface area (TPSA) is 57.7 Å². The van der Waals surface area contributed by atoms with E-state index in [1.807, 2.05) is 49.3 Å². The maximum absolute atomic E-state index is 12.2. The molecule has 120 valence electrons. The average molecular weight is 312 g/mol. The van der Waals surface area contributed by atoms with Crippen molar-refractivity contribution in [2.24, 2.45) is 0 Å². The summed E-state index contributed by atoms with van der Waals surface area (Å²) in [6.07, 6.45) is 4.77. The Hall–Kier alpha value is -2.69. The highest BCUT2D eigenvalue weighted by molar-refractivity contribution is 6.30. The third-order valence-corrected chi connectivity index (χ3v) is 3.66. The van der Waals surface area contributed by atoms with Crippen LogP contribution in [0.2, 0.25) is 0 Å². The van der Waals surface area contributed by atoms with Gasteiger partial charge in [0.25, 0.3) is 5.91 Å². The van der Waals surface area contributed by atoms with Crippen molar-refractivity contribution in [3.63, 3.8) is 0 Å². The predicted molar refractivity (Wildman–Crippen MR) is 89.9 cm³/mol. The van der Waals surface area contributed by atoms with Crippen LogP contribution in [-0.2, 0) is 14.4 Å². The molecule has 1 aromatic carbocycles. The van der Waals surface area contributed by atoms with Crippen molar-refractivity contribution in [1.29, 1.82) is 0 Å². The van der Waals surface area contributed by atoms with Gasteiger partial charge in [-0.2, -0.15) is 0 Å². The van der Waals surface area contributed by atoms with Gasteiger partial charge in [-0.05, 0) is 24.6 Å². The summed E-state index contributed by atoms with van der Waals surface area (Å²) in [6, 6.07) is 7.82. The molecule has 2 amide bonds. The molecule has 0 atom stereocenters. The van der Waals surface area contributed by atoms with Gasteiger partial charge in [0, 0.05) is 26.3 Å². The largest absolute Gasteiger partial charge is 0.377 e. The maximum atomic E-state index is 12.2. The first-order valence-corrected chi connectivity index (χ1v) is 7.48. The van der Waals surface area contributed by atoms with E-state index in [4.69, 9.17) is 0 Å². The smallest absolute Gasteiger partial charge is 0.264 e. The van der Waals surface area contributed by atoms with E-state index in [9.17, 15) is 14.4 Å². The Bertz CT molecular complexity index is 702. The highest BCUT2D eigenvalue weighted by Gasteiger charge is 2.34. The number of amides is 2. The summed E-state index contributed by atoms with van der Waals surface area (Å²) in [5.41, 5.74) is 2.08. The quantitative estimate of drug-likeness (QED) is 0.369. The van der Waals surface area contributed by atoms with E-state index in [0.29, 0.717) is 0 Å². The Kier molecular flexibility index (Phi) is 5.11. The highest BCUT2D eigenvalue weighted by Crippen LogP contribution is 2.20. The molecule has 1 saturated heterocycles. The number of nitrogens with zero attached hydrogens (tertiary/aromatic N) is 2. The summed E-state index contributed by atoms with van der Waals surface area (Å²) in [4.78, 5) is 38.8. The SMILES string of the molecule is CCN1C(=O)CC(=O)/C(=C\C=C\c2ccccc2N(C)C)C1=O. The number of allylic oxidation sites excluding steroid dienone is 2. The van der Waals surface area contributed by atoms with E-state index in [1.54, 1.807) is 13.0 Å². The van der Waals surface area contributed by atoms with Gasteiger partial charge in [-0.1, -0.05) is 30.4 Å². The fourth-order valence-electron chi connectivity index (χ4n) is 2.47. The lowest BCUT2D eigenvalue weighted by Gasteiger charge is -2.24. The summed E-state index contributed by atoms with van der Waals surface area (Å²) < 4.78 is 0. The van der Waals surface area contributed by atoms with Crippen molar-refractivity contribution in [3.8, 4) is 0 Å². The normalized spacial score (nSPS) is 17.4. The molecular formula is C18H20N2O3. The van der Waals surface area contributed by atoms with Crippen LogP contribution >= 0.6 is 0 Å². The minimum atomic E-state index is -0.515. The van der Waals surface area contributed by atoms with Crippen LogP contribution in [-0.4, -0.2) is 43.1 Å². The zero-order valence-electron chi connectivity index (χ0n) is 13.6. The number of para-hydroxylation sites is 1. The number of imide groups is 1. The molecule has 0 aliphatic carbocycles. The number of Topliss-reactive ketones (excluding diaryl/α,β-unsaturated/α-hetero) is 1. The number of carbonyl (C=O) groups is 3. The maximum Gasteiger partial charge on any atom is 0.264 e. The van der Waals surface area contributed by atoms with Crippen molar-refractivity contribution in [3.05, 3.63) is 47.6 Å². The van der Waals surface area contributed by atoms with Gasteiger partial charge in [-0.25, -0.2) is 0 Å². The summed E-state index contributed by atoms with van der Waals surface area (Å²) in [5.74, 6) is -1.36. The van der Waals surface area contributed by atoms with Gasteiger partial charge < -0.3 is 4.90 Å². The highest BCUT2D eigenvalue weighted by atomic mass is 16.2. The Morgan fingerprint density at radius 1 is 1.17 bits per heavy atom. The second kappa shape index (κ2) is 7.05. The number of likely N-dealkylation sites (N-methyl/N-ethyl adjacent to an activating group) is 1. The Morgan fingerprint density at radius 2 is 1.87 bits per heavy atom. The predicted octanol–water partition coefficient (Wildman–Crippen LogP) is 2.04. The third-order valence-electron chi connectivity index (χ3n) is 3.66. The number of carbonyl (C=O) groups excluding carboxylic acids is 3. The lowest BCUT2D eigenvalue weighted by molar-refractivity contribution is -0.147. The number of ketones is 1. The van der Waals surface area contributed by atoms with Crippen molar-refractivity contribution >= 4 is 29.4 Å². The molecule has 0 aromatic heterocycles. The number of piperidine rings is 1. The van der Waals surface area contributed by atoms with Crippen molar-refractivity contribution in [2.45, 2.75) is 13.3 Å². The molecule has 1 aromatic rings. The molecule has 0 bridgehead atoms. The van der Waals surface area contributed by atoms with E-state index < -0.39 is 17.6 Å². The second-order valence-electron chi connectivity index (χ2n) is 5.44. The minimum Gasteiger partial charge on any atom is -0.377 e. The molecule has 2 rings (SSSR count). The first kappa shape index (κ1) is 16.7. The molecule has 0 saturated carbocycles. The zero-order chi connectivity index (χ0) is 17.0. The molecule has 1 aliphatic heterocycles. The van der Waals surface area contributed by atoms with Gasteiger partial charge in [0.1, 0.15) is 0 Å². The fourth-order valence-corrected chi connectivity index (χ4v) is 2.47. The van der Waals surface area contributed by atoms with Crippen molar-refractivity contribution in [2.75, 3.05) is 25.5 Å². The zero-order valence-corrected chi connectivity index (χ0v) is 13.6. The molecule has 0 N–H and O–H groups in total. The summed E-state index contributed by atoms with van der Waals surface area (Å²) in [6.45, 7) is 1.99. The van der Waals surface area contributed by atoms with Crippen LogP contribution in [0, 0.1) is 0 Å². The number of hydrogen-bond donors (Lipinski definition) is 0. The number of anilines is 1. The van der Waals surface area contributed by atoms with Crippen LogP contribution in [0.5, 0.6) is 0 Å². The van der Waals surface area contributed by atoms with E-state index in [-0.39, 0.29) is 18.5 Å². The minimum absolute atomic E-state index is 0.0602. The van der Waals surface area contributed by atoms with Crippen LogP contribution < -0.4 is 4.90 Å². The summed E-state index contributed by atoms with van der Waals surface area (Å²) >= 11 is 0. The molecule has 1 aliphatic rings. The third kappa shape index (κ3) is 3.56. The van der Waals surface area contributed by atoms with Crippen molar-refractivity contribution in [1.82, 2.24) is 4.90 Å². The molecule has 5 nitrogen and oxygen atoms in total. The monoisotopic (exact) mass is 312 g/mol. The van der Waals surface area contributed by atoms with Crippen LogP contribution in [0.15, 0.2) is 42.0 Å². The Morgan fingerprint density at radius 3 is 2.52 bits per heavy atom. The number of likely N-dealkylation sites (tertiary alicyclic amines) is 1. The first-order chi connectivity index (χ1) is 11.0. The van der Waals surface area contributed by atoms with E-state index >= 15 is 0 Å². The van der Waals surface area contributed by atoms with E-state index in [2.05, 4.69) is 0 Å². The Labute approximate surface area is 135 Å². The van der Waals surface area contributed by atoms with Gasteiger partial charge in [0.15, 0.2) is 5.78 Å². The van der Waals surface area contributed by atoms with E-state index in [1.165, 1.54) is 6.08 Å². The molecule has 0 radical (unpaired) electrons. The van der Waals surface area contributed by atoms with Crippen LogP contribution in [0.4, 0.5) is 5.69 Å². The van der Waals surface area contributed by atoms with E-state index in [0.717, 1.165) is 16.2 Å². The number of rotatable bonds is 4. The molecular weight excluding hydrogens is 292 g/mol. The van der Waals surface area contributed by atoms with Gasteiger partial charge in [-0.3, -0.25) is 19.3 Å². The summed E-state index contributed by atoms with van der Waals surface area (Å²) in [7, 11) is 3.90. The van der Waals surface area contributed by atoms with Crippen LogP contribution in [0.25, 0.3) is 6.08 Å². The summed E-state index contributed by atoms with van der Waals surface area (Å²) in [5, 5.41) is 0. The van der Waals surface area contributed by atoms with Crippen LogP contribution in [0.1, 0.15) is 18.9 Å². The lowest BCUT2D eigenvalue weighted by Crippen LogP contribution is -2.44. The average Bonchev–Trinajstić information content (AvgIpc) is 2.51.